The van der Waals surface area contributed by atoms with Crippen LogP contribution in [0.3, 0.4) is 0 Å². The van der Waals surface area contributed by atoms with E-state index in [-0.39, 0.29) is 5.92 Å². The van der Waals surface area contributed by atoms with Crippen molar-refractivity contribution in [3.8, 4) is 5.75 Å². The van der Waals surface area contributed by atoms with Crippen molar-refractivity contribution in [2.24, 2.45) is 5.92 Å². The van der Waals surface area contributed by atoms with Crippen LogP contribution in [0.15, 0.2) is 48.1 Å². The molecule has 0 N–H and O–H groups in total. The highest BCUT2D eigenvalue weighted by atomic mass is 16.5. The molecule has 0 bridgehead atoms. The molecule has 168 valence electrons. The fourth-order valence-corrected chi connectivity index (χ4v) is 4.77. The predicted octanol–water partition coefficient (Wildman–Crippen LogP) is 3.81. The van der Waals surface area contributed by atoms with E-state index in [0.29, 0.717) is 11.9 Å². The Morgan fingerprint density at radius 3 is 2.58 bits per heavy atom. The van der Waals surface area contributed by atoms with Crippen molar-refractivity contribution in [3.63, 3.8) is 0 Å². The molecule has 0 spiro atoms. The third-order valence-electron chi connectivity index (χ3n) is 6.20. The molecule has 2 unspecified atom stereocenters. The van der Waals surface area contributed by atoms with Crippen LogP contribution in [0.25, 0.3) is 0 Å². The molecular weight excluding hydrogens is 392 g/mol. The molecule has 2 atom stereocenters. The largest absolute Gasteiger partial charge is 0.497 e. The number of piperidine rings is 1. The molecular formula is C25H34N2O4. The molecule has 1 amide bonds. The summed E-state index contributed by atoms with van der Waals surface area (Å²) in [7, 11) is 1.70. The van der Waals surface area contributed by atoms with Gasteiger partial charge in [0, 0.05) is 31.4 Å². The first kappa shape index (κ1) is 24.4. The highest BCUT2D eigenvalue weighted by Gasteiger charge is 2.36. The second kappa shape index (κ2) is 12.7. The van der Waals surface area contributed by atoms with Gasteiger partial charge in [0.2, 0.25) is 5.91 Å². The lowest BCUT2D eigenvalue weighted by molar-refractivity contribution is -0.136. The first-order valence-electron chi connectivity index (χ1n) is 10.9. The number of nitrogens with zero attached hydrogens (tertiary/aromatic N) is 2. The summed E-state index contributed by atoms with van der Waals surface area (Å²) < 4.78 is 5.37. The minimum absolute atomic E-state index is 0.102. The summed E-state index contributed by atoms with van der Waals surface area (Å²) in [6.07, 6.45) is 13.1. The van der Waals surface area contributed by atoms with Crippen LogP contribution >= 0.6 is 0 Å². The summed E-state index contributed by atoms with van der Waals surface area (Å²) in [5, 5.41) is 0. The Kier molecular flexibility index (Phi) is 10.0. The summed E-state index contributed by atoms with van der Waals surface area (Å²) in [5.41, 5.74) is 2.61. The van der Waals surface area contributed by atoms with Crippen molar-refractivity contribution in [1.29, 1.82) is 0 Å². The van der Waals surface area contributed by atoms with E-state index in [2.05, 4.69) is 40.2 Å². The van der Waals surface area contributed by atoms with Crippen molar-refractivity contribution >= 4 is 25.2 Å². The van der Waals surface area contributed by atoms with Crippen molar-refractivity contribution in [2.75, 3.05) is 31.6 Å². The van der Waals surface area contributed by atoms with E-state index in [1.807, 2.05) is 25.7 Å². The Labute approximate surface area is 185 Å². The van der Waals surface area contributed by atoms with Gasteiger partial charge in [-0.3, -0.25) is 4.79 Å². The van der Waals surface area contributed by atoms with Gasteiger partial charge in [0.05, 0.1) is 19.1 Å². The van der Waals surface area contributed by atoms with E-state index < -0.39 is 0 Å². The number of hydrogen-bond acceptors (Lipinski definition) is 5. The number of likely N-dealkylation sites (tertiary alicyclic amines) is 1. The van der Waals surface area contributed by atoms with Gasteiger partial charge in [0.15, 0.2) is 0 Å². The molecule has 1 aliphatic carbocycles. The highest BCUT2D eigenvalue weighted by molar-refractivity contribution is 5.81. The summed E-state index contributed by atoms with van der Waals surface area (Å²) in [4.78, 5) is 33.9. The minimum atomic E-state index is 0.102. The molecule has 2 aliphatic heterocycles. The van der Waals surface area contributed by atoms with Crippen LogP contribution in [0.2, 0.25) is 0 Å². The minimum Gasteiger partial charge on any atom is -0.497 e. The number of amides is 1. The molecule has 0 radical (unpaired) electrons. The van der Waals surface area contributed by atoms with Gasteiger partial charge in [0.1, 0.15) is 19.3 Å². The second-order valence-corrected chi connectivity index (χ2v) is 7.88. The Balaban J connectivity index is 0.000000807. The number of carbonyl (C=O) groups excluding carboxylic acids is 3. The predicted molar refractivity (Wildman–Crippen MR) is 123 cm³/mol. The van der Waals surface area contributed by atoms with Gasteiger partial charge in [-0.05, 0) is 56.2 Å². The van der Waals surface area contributed by atoms with Gasteiger partial charge in [-0.15, -0.1) is 0 Å². The lowest BCUT2D eigenvalue weighted by atomic mass is 9.93. The zero-order valence-electron chi connectivity index (χ0n) is 18.5. The van der Waals surface area contributed by atoms with Crippen LogP contribution in [0.5, 0.6) is 5.75 Å². The van der Waals surface area contributed by atoms with E-state index in [9.17, 15) is 4.79 Å². The lowest BCUT2D eigenvalue weighted by Crippen LogP contribution is -2.47. The molecule has 6 heteroatoms. The number of benzene rings is 1. The first-order valence-corrected chi connectivity index (χ1v) is 10.9. The first-order chi connectivity index (χ1) is 15.3. The van der Waals surface area contributed by atoms with Crippen molar-refractivity contribution in [1.82, 2.24) is 4.90 Å². The van der Waals surface area contributed by atoms with E-state index >= 15 is 0 Å². The summed E-state index contributed by atoms with van der Waals surface area (Å²) in [5.74, 6) is 1.34. The SMILES string of the molecule is C=O.C=O.COc1cccc(N2CCCC(C(=O)N3CCCC3C3=CC=CCC3)C2)c1. The third kappa shape index (κ3) is 6.06. The normalized spacial score (nSPS) is 22.4. The smallest absolute Gasteiger partial charge is 0.227 e. The van der Waals surface area contributed by atoms with Crippen LogP contribution in [0.1, 0.15) is 38.5 Å². The molecule has 3 aliphatic rings. The molecule has 2 saturated heterocycles. The monoisotopic (exact) mass is 426 g/mol. The topological polar surface area (TPSA) is 66.9 Å². The lowest BCUT2D eigenvalue weighted by Gasteiger charge is -2.37. The number of ether oxygens (including phenoxy) is 1. The Morgan fingerprint density at radius 1 is 1.10 bits per heavy atom. The zero-order valence-corrected chi connectivity index (χ0v) is 18.5. The second-order valence-electron chi connectivity index (χ2n) is 7.88. The molecule has 1 aromatic carbocycles. The molecule has 31 heavy (non-hydrogen) atoms. The Morgan fingerprint density at radius 2 is 1.87 bits per heavy atom. The van der Waals surface area contributed by atoms with Gasteiger partial charge in [-0.2, -0.15) is 0 Å². The van der Waals surface area contributed by atoms with E-state index in [1.54, 1.807) is 7.11 Å². The molecule has 0 aromatic heterocycles. The van der Waals surface area contributed by atoms with E-state index in [4.69, 9.17) is 14.3 Å². The number of rotatable bonds is 4. The number of methoxy groups -OCH3 is 1. The fourth-order valence-electron chi connectivity index (χ4n) is 4.77. The molecule has 4 rings (SSSR count). The quantitative estimate of drug-likeness (QED) is 0.732. The van der Waals surface area contributed by atoms with Crippen molar-refractivity contribution in [2.45, 2.75) is 44.6 Å². The van der Waals surface area contributed by atoms with Crippen LogP contribution in [-0.2, 0) is 14.4 Å². The molecule has 1 aromatic rings. The highest BCUT2D eigenvalue weighted by Crippen LogP contribution is 2.32. The number of carbonyl (C=O) groups is 3. The maximum Gasteiger partial charge on any atom is 0.227 e. The number of allylic oxidation sites excluding steroid dienone is 3. The van der Waals surface area contributed by atoms with Crippen molar-refractivity contribution in [3.05, 3.63) is 48.1 Å². The van der Waals surface area contributed by atoms with Crippen molar-refractivity contribution < 1.29 is 19.1 Å². The van der Waals surface area contributed by atoms with Gasteiger partial charge >= 0.3 is 0 Å². The van der Waals surface area contributed by atoms with Gasteiger partial charge in [0.25, 0.3) is 0 Å². The van der Waals surface area contributed by atoms with Gasteiger partial charge in [-0.1, -0.05) is 24.3 Å². The third-order valence-corrected chi connectivity index (χ3v) is 6.20. The average Bonchev–Trinajstić information content (AvgIpc) is 3.37. The Bertz CT molecular complexity index is 775. The number of hydrogen-bond donors (Lipinski definition) is 0. The van der Waals surface area contributed by atoms with E-state index in [0.717, 1.165) is 69.6 Å². The average molecular weight is 427 g/mol. The summed E-state index contributed by atoms with van der Waals surface area (Å²) in [6, 6.07) is 8.52. The standard InChI is InChI=1S/C23H30N2O2.2CH2O/c1-27-21-12-5-11-20(16-21)24-14-6-10-19(17-24)23(26)25-15-7-13-22(25)18-8-3-2-4-9-18;2*1-2/h2-3,5,8,11-12,16,19,22H,4,6-7,9-10,13-15,17H2,1H3;2*1H2. The Hall–Kier alpha value is -2.89. The maximum atomic E-state index is 13.4. The summed E-state index contributed by atoms with van der Waals surface area (Å²) in [6.45, 7) is 6.74. The molecule has 0 saturated carbocycles. The summed E-state index contributed by atoms with van der Waals surface area (Å²) >= 11 is 0. The van der Waals surface area contributed by atoms with Crippen LogP contribution < -0.4 is 9.64 Å². The van der Waals surface area contributed by atoms with E-state index in [1.165, 1.54) is 5.57 Å². The van der Waals surface area contributed by atoms with Gasteiger partial charge in [-0.25, -0.2) is 0 Å². The fraction of sp³-hybridized carbons (Fsp3) is 0.480. The molecule has 2 fully saturated rings. The molecule has 6 nitrogen and oxygen atoms in total. The van der Waals surface area contributed by atoms with Crippen LogP contribution in [0, 0.1) is 5.92 Å². The zero-order chi connectivity index (χ0) is 22.6. The van der Waals surface area contributed by atoms with Crippen LogP contribution in [-0.4, -0.2) is 57.2 Å². The van der Waals surface area contributed by atoms with Gasteiger partial charge < -0.3 is 24.1 Å². The maximum absolute atomic E-state index is 13.4. The van der Waals surface area contributed by atoms with Crippen LogP contribution in [0.4, 0.5) is 5.69 Å². The number of anilines is 1. The molecule has 2 heterocycles.